The van der Waals surface area contributed by atoms with Crippen molar-refractivity contribution in [2.45, 2.75) is 38.6 Å². The summed E-state index contributed by atoms with van der Waals surface area (Å²) in [7, 11) is 1.57. The lowest BCUT2D eigenvalue weighted by Crippen LogP contribution is -2.24. The zero-order valence-electron chi connectivity index (χ0n) is 19.9. The lowest BCUT2D eigenvalue weighted by atomic mass is 9.85. The van der Waals surface area contributed by atoms with Crippen LogP contribution in [0.15, 0.2) is 48.9 Å². The van der Waals surface area contributed by atoms with Crippen LogP contribution in [0.2, 0.25) is 0 Å². The number of thiophene rings is 1. The van der Waals surface area contributed by atoms with Gasteiger partial charge in [-0.05, 0) is 54.0 Å². The van der Waals surface area contributed by atoms with Crippen LogP contribution in [0.25, 0.3) is 21.9 Å². The number of nitrogens with zero attached hydrogens (tertiary/aromatic N) is 7. The predicted molar refractivity (Wildman–Crippen MR) is 135 cm³/mol. The fourth-order valence-electron chi connectivity index (χ4n) is 4.31. The summed E-state index contributed by atoms with van der Waals surface area (Å²) in [6.45, 7) is 2.41. The number of aromatic nitrogens is 7. The summed E-state index contributed by atoms with van der Waals surface area (Å²) in [4.78, 5) is 24.5. The van der Waals surface area contributed by atoms with Crippen LogP contribution in [0, 0.1) is 6.92 Å². The number of hydrogen-bond acceptors (Lipinski definition) is 8. The van der Waals surface area contributed by atoms with Crippen molar-refractivity contribution in [1.29, 1.82) is 0 Å². The first-order chi connectivity index (χ1) is 17.6. The number of nitrogens with one attached hydrogen (secondary N) is 1. The number of aryl methyl sites for hydroxylation is 1. The van der Waals surface area contributed by atoms with Gasteiger partial charge in [0, 0.05) is 35.8 Å². The second-order valence-electron chi connectivity index (χ2n) is 8.83. The van der Waals surface area contributed by atoms with Crippen molar-refractivity contribution in [1.82, 2.24) is 39.9 Å². The van der Waals surface area contributed by atoms with Gasteiger partial charge in [0.25, 0.3) is 5.91 Å². The number of ether oxygens (including phenoxy) is 1. The van der Waals surface area contributed by atoms with E-state index in [9.17, 15) is 4.79 Å². The smallest absolute Gasteiger partial charge is 0.253 e. The number of hydrogen-bond donors (Lipinski definition) is 1. The Kier molecular flexibility index (Phi) is 5.68. The molecular formula is C25H24N8O2S. The number of rotatable bonds is 7. The van der Waals surface area contributed by atoms with Crippen molar-refractivity contribution < 1.29 is 9.53 Å². The molecule has 0 aliphatic heterocycles. The monoisotopic (exact) mass is 500 g/mol. The van der Waals surface area contributed by atoms with E-state index < -0.39 is 0 Å². The van der Waals surface area contributed by atoms with Gasteiger partial charge in [0.15, 0.2) is 11.5 Å². The average molecular weight is 501 g/mol. The first-order valence-electron chi connectivity index (χ1n) is 11.7. The highest BCUT2D eigenvalue weighted by atomic mass is 32.1. The lowest BCUT2D eigenvalue weighted by molar-refractivity contribution is 0.0950. The van der Waals surface area contributed by atoms with E-state index in [1.54, 1.807) is 35.4 Å². The van der Waals surface area contributed by atoms with E-state index in [0.29, 0.717) is 35.2 Å². The zero-order valence-corrected chi connectivity index (χ0v) is 20.7. The van der Waals surface area contributed by atoms with Gasteiger partial charge in [0.1, 0.15) is 5.69 Å². The van der Waals surface area contributed by atoms with E-state index in [1.807, 2.05) is 28.9 Å². The van der Waals surface area contributed by atoms with Gasteiger partial charge in [-0.25, -0.2) is 9.97 Å². The number of methoxy groups -OCH3 is 1. The first kappa shape index (κ1) is 22.4. The molecule has 0 saturated heterocycles. The van der Waals surface area contributed by atoms with E-state index in [-0.39, 0.29) is 5.91 Å². The van der Waals surface area contributed by atoms with Gasteiger partial charge in [-0.15, -0.1) is 16.4 Å². The summed E-state index contributed by atoms with van der Waals surface area (Å²) >= 11 is 1.68. The molecule has 0 bridgehead atoms. The maximum absolute atomic E-state index is 13.3. The molecule has 182 valence electrons. The van der Waals surface area contributed by atoms with Crippen molar-refractivity contribution in [3.8, 4) is 22.1 Å². The van der Waals surface area contributed by atoms with Gasteiger partial charge in [0.05, 0.1) is 29.4 Å². The minimum absolute atomic E-state index is 0.214. The van der Waals surface area contributed by atoms with Crippen LogP contribution in [-0.2, 0) is 6.54 Å². The number of imidazole rings is 1. The Morgan fingerprint density at radius 1 is 1.19 bits per heavy atom. The van der Waals surface area contributed by atoms with Crippen LogP contribution in [0.5, 0.6) is 5.88 Å². The molecule has 0 aromatic carbocycles. The largest absolute Gasteiger partial charge is 0.481 e. The number of carbonyl (C=O) groups excluding carboxylic acids is 1. The highest BCUT2D eigenvalue weighted by molar-refractivity contribution is 7.15. The van der Waals surface area contributed by atoms with Crippen LogP contribution in [-0.4, -0.2) is 47.6 Å². The topological polar surface area (TPSA) is 112 Å². The number of pyridine rings is 2. The average Bonchev–Trinajstić information content (AvgIpc) is 3.61. The molecule has 5 aromatic rings. The van der Waals surface area contributed by atoms with E-state index >= 15 is 0 Å². The number of carbonyl (C=O) groups is 1. The Hall–Kier alpha value is -4.12. The Morgan fingerprint density at radius 2 is 2.08 bits per heavy atom. The van der Waals surface area contributed by atoms with Crippen molar-refractivity contribution in [2.75, 3.05) is 7.11 Å². The van der Waals surface area contributed by atoms with Crippen LogP contribution < -0.4 is 10.1 Å². The molecule has 0 radical (unpaired) electrons. The summed E-state index contributed by atoms with van der Waals surface area (Å²) in [6.07, 6.45) is 8.63. The number of fused-ring (bicyclic) bond motifs is 1. The maximum Gasteiger partial charge on any atom is 0.253 e. The summed E-state index contributed by atoms with van der Waals surface area (Å²) in [6, 6.07) is 9.61. The molecule has 1 amide bonds. The molecule has 1 saturated carbocycles. The highest BCUT2D eigenvalue weighted by Crippen LogP contribution is 2.36. The van der Waals surface area contributed by atoms with E-state index in [1.165, 1.54) is 11.3 Å². The van der Waals surface area contributed by atoms with Crippen molar-refractivity contribution in [3.05, 3.63) is 70.8 Å². The van der Waals surface area contributed by atoms with Crippen molar-refractivity contribution in [2.24, 2.45) is 0 Å². The van der Waals surface area contributed by atoms with E-state index in [0.717, 1.165) is 34.8 Å². The standard InChI is InChI=1S/C25H24N8O2S/c1-15-6-8-21(36-15)20-13-27-24-19(33-23(29-30-31-33)17-4-3-5-17)10-18(14-32(20)24)25(34)28-12-16-7-9-22(35-2)26-11-16/h6-11,13-14,17H,3-5,12H2,1-2H3,(H,28,34). The van der Waals surface area contributed by atoms with Gasteiger partial charge < -0.3 is 10.1 Å². The van der Waals surface area contributed by atoms with Gasteiger partial charge in [-0.3, -0.25) is 9.20 Å². The van der Waals surface area contributed by atoms with Crippen molar-refractivity contribution >= 4 is 22.9 Å². The van der Waals surface area contributed by atoms with Gasteiger partial charge in [-0.1, -0.05) is 12.5 Å². The summed E-state index contributed by atoms with van der Waals surface area (Å²) in [5.74, 6) is 1.44. The molecule has 1 N–H and O–H groups in total. The lowest BCUT2D eigenvalue weighted by Gasteiger charge is -2.24. The molecule has 10 nitrogen and oxygen atoms in total. The first-order valence-corrected chi connectivity index (χ1v) is 12.6. The molecule has 0 atom stereocenters. The second kappa shape index (κ2) is 9.15. The Balaban J connectivity index is 1.41. The van der Waals surface area contributed by atoms with Crippen molar-refractivity contribution in [3.63, 3.8) is 0 Å². The second-order valence-corrected chi connectivity index (χ2v) is 10.1. The summed E-state index contributed by atoms with van der Waals surface area (Å²) < 4.78 is 8.80. The third-order valence-electron chi connectivity index (χ3n) is 6.49. The van der Waals surface area contributed by atoms with Crippen LogP contribution in [0.3, 0.4) is 0 Å². The highest BCUT2D eigenvalue weighted by Gasteiger charge is 2.28. The molecule has 11 heteroatoms. The van der Waals surface area contributed by atoms with Gasteiger partial charge in [-0.2, -0.15) is 4.68 Å². The minimum Gasteiger partial charge on any atom is -0.481 e. The molecule has 1 aliphatic carbocycles. The molecular weight excluding hydrogens is 476 g/mol. The quantitative estimate of drug-likeness (QED) is 0.360. The minimum atomic E-state index is -0.214. The Labute approximate surface area is 211 Å². The molecule has 1 aliphatic rings. The summed E-state index contributed by atoms with van der Waals surface area (Å²) in [5, 5.41) is 15.5. The molecule has 0 spiro atoms. The van der Waals surface area contributed by atoms with Crippen LogP contribution >= 0.6 is 11.3 Å². The van der Waals surface area contributed by atoms with Gasteiger partial charge >= 0.3 is 0 Å². The molecule has 1 fully saturated rings. The fourth-order valence-corrected chi connectivity index (χ4v) is 5.19. The fraction of sp³-hybridized carbons (Fsp3) is 0.280. The maximum atomic E-state index is 13.3. The normalized spacial score (nSPS) is 13.6. The SMILES string of the molecule is COc1ccc(CNC(=O)c2cc(-n3nnnc3C3CCC3)c3ncc(-c4ccc(C)s4)n3c2)cn1. The number of tetrazole rings is 1. The molecule has 6 rings (SSSR count). The third kappa shape index (κ3) is 4.01. The van der Waals surface area contributed by atoms with E-state index in [4.69, 9.17) is 9.72 Å². The molecule has 5 aromatic heterocycles. The number of amides is 1. The van der Waals surface area contributed by atoms with E-state index in [2.05, 4.69) is 44.9 Å². The van der Waals surface area contributed by atoms with Gasteiger partial charge in [0.2, 0.25) is 5.88 Å². The van der Waals surface area contributed by atoms with Crippen LogP contribution in [0.1, 0.15) is 51.8 Å². The Morgan fingerprint density at radius 3 is 2.78 bits per heavy atom. The Bertz CT molecular complexity index is 1550. The zero-order chi connectivity index (χ0) is 24.6. The third-order valence-corrected chi connectivity index (χ3v) is 7.52. The predicted octanol–water partition coefficient (Wildman–Crippen LogP) is 3.95. The summed E-state index contributed by atoms with van der Waals surface area (Å²) in [5.41, 5.74) is 3.65. The molecule has 5 heterocycles. The van der Waals surface area contributed by atoms with Crippen LogP contribution in [0.4, 0.5) is 0 Å². The molecule has 0 unspecified atom stereocenters. The molecule has 36 heavy (non-hydrogen) atoms.